The molecule has 0 aromatic carbocycles. The van der Waals surface area contributed by atoms with Gasteiger partial charge in [0, 0.05) is 25.2 Å². The molecule has 1 saturated heterocycles. The number of rotatable bonds is 6. The van der Waals surface area contributed by atoms with Gasteiger partial charge in [0.15, 0.2) is 0 Å². The van der Waals surface area contributed by atoms with Gasteiger partial charge in [0.1, 0.15) is 0 Å². The second-order valence-electron chi connectivity index (χ2n) is 7.20. The molecular formula is C15H32N2O. The minimum atomic E-state index is 0.190. The fraction of sp³-hybridized carbons (Fsp3) is 1.00. The summed E-state index contributed by atoms with van der Waals surface area (Å²) in [6.07, 6.45) is 3.24. The van der Waals surface area contributed by atoms with Crippen molar-refractivity contribution in [1.82, 2.24) is 10.2 Å². The highest BCUT2D eigenvalue weighted by Gasteiger charge is 2.26. The van der Waals surface area contributed by atoms with Gasteiger partial charge in [0.2, 0.25) is 0 Å². The molecule has 0 aromatic rings. The Bertz CT molecular complexity index is 235. The maximum absolute atomic E-state index is 6.10. The molecule has 0 saturated carbocycles. The lowest BCUT2D eigenvalue weighted by atomic mass is 10.1. The molecule has 0 aromatic heterocycles. The van der Waals surface area contributed by atoms with Crippen LogP contribution in [0.15, 0.2) is 0 Å². The Hall–Kier alpha value is -0.120. The van der Waals surface area contributed by atoms with E-state index in [1.807, 2.05) is 0 Å². The lowest BCUT2D eigenvalue weighted by Gasteiger charge is -2.25. The van der Waals surface area contributed by atoms with E-state index in [1.54, 1.807) is 0 Å². The fourth-order valence-electron chi connectivity index (χ4n) is 2.53. The summed E-state index contributed by atoms with van der Waals surface area (Å²) < 4.78 is 6.10. The number of hydrogen-bond acceptors (Lipinski definition) is 3. The molecular weight excluding hydrogens is 224 g/mol. The number of hydrogen-bond donors (Lipinski definition) is 1. The van der Waals surface area contributed by atoms with E-state index in [1.165, 1.54) is 12.8 Å². The maximum atomic E-state index is 6.10. The lowest BCUT2D eigenvalue weighted by Crippen LogP contribution is -2.41. The van der Waals surface area contributed by atoms with Crippen molar-refractivity contribution in [2.45, 2.75) is 65.2 Å². The zero-order valence-electron chi connectivity index (χ0n) is 13.1. The average Bonchev–Trinajstić information content (AvgIpc) is 2.60. The van der Waals surface area contributed by atoms with Crippen molar-refractivity contribution in [2.24, 2.45) is 5.92 Å². The van der Waals surface area contributed by atoms with E-state index in [0.29, 0.717) is 12.2 Å². The van der Waals surface area contributed by atoms with Gasteiger partial charge in [0.25, 0.3) is 0 Å². The van der Waals surface area contributed by atoms with Gasteiger partial charge in [-0.2, -0.15) is 0 Å². The van der Waals surface area contributed by atoms with Gasteiger partial charge in [-0.1, -0.05) is 13.8 Å². The average molecular weight is 256 g/mol. The molecule has 1 aliphatic heterocycles. The number of nitrogens with zero attached hydrogens (tertiary/aromatic N) is 1. The van der Waals surface area contributed by atoms with Crippen LogP contribution < -0.4 is 5.32 Å². The van der Waals surface area contributed by atoms with E-state index in [9.17, 15) is 0 Å². The Morgan fingerprint density at radius 2 is 1.83 bits per heavy atom. The lowest BCUT2D eigenvalue weighted by molar-refractivity contribution is 0.0237. The summed E-state index contributed by atoms with van der Waals surface area (Å²) in [4.78, 5) is 2.40. The highest BCUT2D eigenvalue weighted by Crippen LogP contribution is 2.20. The minimum absolute atomic E-state index is 0.190. The molecule has 0 spiro atoms. The van der Waals surface area contributed by atoms with E-state index in [4.69, 9.17) is 4.74 Å². The quantitative estimate of drug-likeness (QED) is 0.790. The summed E-state index contributed by atoms with van der Waals surface area (Å²) in [6, 6.07) is 0. The van der Waals surface area contributed by atoms with Crippen molar-refractivity contribution >= 4 is 0 Å². The van der Waals surface area contributed by atoms with E-state index >= 15 is 0 Å². The Labute approximate surface area is 113 Å². The molecule has 1 N–H and O–H groups in total. The van der Waals surface area contributed by atoms with Gasteiger partial charge in [-0.15, -0.1) is 0 Å². The van der Waals surface area contributed by atoms with Crippen LogP contribution in [0, 0.1) is 5.92 Å². The van der Waals surface area contributed by atoms with Crippen LogP contribution in [0.5, 0.6) is 0 Å². The monoisotopic (exact) mass is 256 g/mol. The van der Waals surface area contributed by atoms with Crippen LogP contribution in [0.1, 0.15) is 47.5 Å². The summed E-state index contributed by atoms with van der Waals surface area (Å²) in [5.74, 6) is 0.731. The van der Waals surface area contributed by atoms with Crippen LogP contribution in [0.25, 0.3) is 0 Å². The summed E-state index contributed by atoms with van der Waals surface area (Å²) in [7, 11) is 2.20. The molecule has 3 heteroatoms. The first-order valence-electron chi connectivity index (χ1n) is 7.35. The molecule has 0 aliphatic carbocycles. The molecule has 1 heterocycles. The molecule has 0 radical (unpaired) electrons. The van der Waals surface area contributed by atoms with Gasteiger partial charge in [-0.3, -0.25) is 0 Å². The second-order valence-corrected chi connectivity index (χ2v) is 7.20. The topological polar surface area (TPSA) is 24.5 Å². The van der Waals surface area contributed by atoms with Crippen LogP contribution in [-0.4, -0.2) is 49.3 Å². The SMILES string of the molecule is CC(C)CN(C)CC1CCC(CNC(C)(C)C)O1. The minimum Gasteiger partial charge on any atom is -0.372 e. The highest BCUT2D eigenvalue weighted by atomic mass is 16.5. The molecule has 1 rings (SSSR count). The third kappa shape index (κ3) is 6.72. The Morgan fingerprint density at radius 3 is 2.39 bits per heavy atom. The summed E-state index contributed by atoms with van der Waals surface area (Å²) in [6.45, 7) is 14.4. The van der Waals surface area contributed by atoms with E-state index in [2.05, 4.69) is 51.9 Å². The number of nitrogens with one attached hydrogen (secondary N) is 1. The standard InChI is InChI=1S/C15H32N2O/c1-12(2)10-17(6)11-14-8-7-13(18-14)9-16-15(3,4)5/h12-14,16H,7-11H2,1-6H3. The normalized spacial score (nSPS) is 25.3. The van der Waals surface area contributed by atoms with Gasteiger partial charge in [0.05, 0.1) is 12.2 Å². The van der Waals surface area contributed by atoms with Crippen molar-refractivity contribution in [3.63, 3.8) is 0 Å². The van der Waals surface area contributed by atoms with Crippen LogP contribution in [0.3, 0.4) is 0 Å². The third-order valence-electron chi connectivity index (χ3n) is 3.25. The van der Waals surface area contributed by atoms with Gasteiger partial charge in [-0.25, -0.2) is 0 Å². The molecule has 2 atom stereocenters. The first-order valence-corrected chi connectivity index (χ1v) is 7.35. The molecule has 1 fully saturated rings. The van der Waals surface area contributed by atoms with E-state index < -0.39 is 0 Å². The first kappa shape index (κ1) is 15.9. The molecule has 18 heavy (non-hydrogen) atoms. The van der Waals surface area contributed by atoms with Gasteiger partial charge in [-0.05, 0) is 46.6 Å². The molecule has 2 unspecified atom stereocenters. The van der Waals surface area contributed by atoms with Gasteiger partial charge >= 0.3 is 0 Å². The summed E-state index contributed by atoms with van der Waals surface area (Å²) in [5, 5.41) is 3.53. The number of likely N-dealkylation sites (N-methyl/N-ethyl adjacent to an activating group) is 1. The van der Waals surface area contributed by atoms with Crippen LogP contribution in [0.4, 0.5) is 0 Å². The van der Waals surface area contributed by atoms with Crippen molar-refractivity contribution in [1.29, 1.82) is 0 Å². The van der Waals surface area contributed by atoms with Crippen LogP contribution in [-0.2, 0) is 4.74 Å². The Kier molecular flexibility index (Phi) is 6.09. The molecule has 1 aliphatic rings. The third-order valence-corrected chi connectivity index (χ3v) is 3.25. The van der Waals surface area contributed by atoms with Crippen molar-refractivity contribution in [3.05, 3.63) is 0 Å². The molecule has 0 amide bonds. The van der Waals surface area contributed by atoms with Gasteiger partial charge < -0.3 is 15.0 Å². The first-order chi connectivity index (χ1) is 8.26. The van der Waals surface area contributed by atoms with Crippen molar-refractivity contribution < 1.29 is 4.74 Å². The van der Waals surface area contributed by atoms with E-state index in [0.717, 1.165) is 25.6 Å². The maximum Gasteiger partial charge on any atom is 0.0707 e. The largest absolute Gasteiger partial charge is 0.372 e. The van der Waals surface area contributed by atoms with Crippen molar-refractivity contribution in [2.75, 3.05) is 26.7 Å². The molecule has 0 bridgehead atoms. The predicted molar refractivity (Wildman–Crippen MR) is 78.0 cm³/mol. The summed E-state index contributed by atoms with van der Waals surface area (Å²) in [5.41, 5.74) is 0.190. The Morgan fingerprint density at radius 1 is 1.22 bits per heavy atom. The predicted octanol–water partition coefficient (Wildman–Crippen LogP) is 2.51. The molecule has 3 nitrogen and oxygen atoms in total. The van der Waals surface area contributed by atoms with Crippen LogP contribution in [0.2, 0.25) is 0 Å². The second kappa shape index (κ2) is 6.88. The zero-order valence-corrected chi connectivity index (χ0v) is 13.1. The van der Waals surface area contributed by atoms with Crippen LogP contribution >= 0.6 is 0 Å². The van der Waals surface area contributed by atoms with E-state index in [-0.39, 0.29) is 5.54 Å². The Balaban J connectivity index is 2.20. The fourth-order valence-corrected chi connectivity index (χ4v) is 2.53. The van der Waals surface area contributed by atoms with Crippen molar-refractivity contribution in [3.8, 4) is 0 Å². The highest BCUT2D eigenvalue weighted by molar-refractivity contribution is 4.80. The smallest absolute Gasteiger partial charge is 0.0707 e. The zero-order chi connectivity index (χ0) is 13.8. The summed E-state index contributed by atoms with van der Waals surface area (Å²) >= 11 is 0. The molecule has 108 valence electrons. The number of ether oxygens (including phenoxy) is 1.